The Hall–Kier alpha value is -3.02. The summed E-state index contributed by atoms with van der Waals surface area (Å²) < 4.78 is 10.9. The topological polar surface area (TPSA) is 67.9 Å². The Morgan fingerprint density at radius 1 is 1.00 bits per heavy atom. The van der Waals surface area contributed by atoms with Gasteiger partial charge in [-0.15, -0.1) is 0 Å². The number of hydrogen-bond donors (Lipinski definition) is 1. The molecule has 1 N–H and O–H groups in total. The maximum absolute atomic E-state index is 13.1. The molecular weight excluding hydrogens is 404 g/mol. The molecule has 2 aromatic carbocycles. The van der Waals surface area contributed by atoms with Crippen LogP contribution in [0.1, 0.15) is 44.6 Å². The average molecular weight is 439 g/mol. The van der Waals surface area contributed by atoms with E-state index < -0.39 is 6.04 Å². The molecule has 2 amide bonds. The van der Waals surface area contributed by atoms with Gasteiger partial charge in [0.15, 0.2) is 6.61 Å². The Morgan fingerprint density at radius 2 is 1.66 bits per heavy atom. The minimum absolute atomic E-state index is 0.0947. The molecule has 6 nitrogen and oxygen atoms in total. The molecule has 0 heterocycles. The van der Waals surface area contributed by atoms with Gasteiger partial charge in [-0.2, -0.15) is 0 Å². The van der Waals surface area contributed by atoms with Gasteiger partial charge in [-0.3, -0.25) is 9.59 Å². The first-order valence-electron chi connectivity index (χ1n) is 11.5. The SMILES string of the molecule is COc1ccc(OCC(=O)N(CCc2ccccc2)C(C)C(=O)NC2CCCCC2)cc1. The summed E-state index contributed by atoms with van der Waals surface area (Å²) in [7, 11) is 1.60. The number of carbonyl (C=O) groups is 2. The zero-order chi connectivity index (χ0) is 22.8. The number of carbonyl (C=O) groups excluding carboxylic acids is 2. The number of benzene rings is 2. The molecule has 2 aromatic rings. The van der Waals surface area contributed by atoms with Crippen LogP contribution in [0.5, 0.6) is 11.5 Å². The third-order valence-electron chi connectivity index (χ3n) is 6.02. The van der Waals surface area contributed by atoms with Crippen LogP contribution in [0.15, 0.2) is 54.6 Å². The first-order valence-corrected chi connectivity index (χ1v) is 11.5. The maximum Gasteiger partial charge on any atom is 0.261 e. The lowest BCUT2D eigenvalue weighted by atomic mass is 9.95. The Balaban J connectivity index is 1.63. The van der Waals surface area contributed by atoms with E-state index in [2.05, 4.69) is 5.32 Å². The van der Waals surface area contributed by atoms with Gasteiger partial charge in [-0.1, -0.05) is 49.6 Å². The fourth-order valence-electron chi connectivity index (χ4n) is 4.04. The van der Waals surface area contributed by atoms with Crippen molar-refractivity contribution in [1.82, 2.24) is 10.2 Å². The van der Waals surface area contributed by atoms with E-state index in [1.807, 2.05) is 30.3 Å². The number of hydrogen-bond acceptors (Lipinski definition) is 4. The highest BCUT2D eigenvalue weighted by Crippen LogP contribution is 2.19. The number of rotatable bonds is 10. The number of ether oxygens (including phenoxy) is 2. The Morgan fingerprint density at radius 3 is 2.31 bits per heavy atom. The molecule has 1 aliphatic rings. The molecule has 3 rings (SSSR count). The molecule has 172 valence electrons. The lowest BCUT2D eigenvalue weighted by Crippen LogP contribution is -2.52. The van der Waals surface area contributed by atoms with E-state index in [0.29, 0.717) is 18.7 Å². The summed E-state index contributed by atoms with van der Waals surface area (Å²) in [6.07, 6.45) is 6.22. The largest absolute Gasteiger partial charge is 0.497 e. The molecule has 1 atom stereocenters. The molecule has 0 bridgehead atoms. The number of nitrogens with one attached hydrogen (secondary N) is 1. The molecule has 6 heteroatoms. The van der Waals surface area contributed by atoms with Gasteiger partial charge in [0.1, 0.15) is 17.5 Å². The van der Waals surface area contributed by atoms with Crippen molar-refractivity contribution in [2.75, 3.05) is 20.3 Å². The van der Waals surface area contributed by atoms with E-state index in [-0.39, 0.29) is 24.5 Å². The number of nitrogens with zero attached hydrogens (tertiary/aromatic N) is 1. The minimum Gasteiger partial charge on any atom is -0.497 e. The van der Waals surface area contributed by atoms with Gasteiger partial charge in [0, 0.05) is 12.6 Å². The fourth-order valence-corrected chi connectivity index (χ4v) is 4.04. The maximum atomic E-state index is 13.1. The molecule has 1 fully saturated rings. The van der Waals surface area contributed by atoms with Crippen molar-refractivity contribution in [2.24, 2.45) is 0 Å². The highest BCUT2D eigenvalue weighted by Gasteiger charge is 2.28. The second-order valence-electron chi connectivity index (χ2n) is 8.31. The monoisotopic (exact) mass is 438 g/mol. The van der Waals surface area contributed by atoms with Gasteiger partial charge in [-0.25, -0.2) is 0 Å². The van der Waals surface area contributed by atoms with Crippen LogP contribution >= 0.6 is 0 Å². The van der Waals surface area contributed by atoms with Crippen LogP contribution in [-0.2, 0) is 16.0 Å². The number of methoxy groups -OCH3 is 1. The van der Waals surface area contributed by atoms with Crippen LogP contribution in [0, 0.1) is 0 Å². The van der Waals surface area contributed by atoms with Gasteiger partial charge in [0.25, 0.3) is 5.91 Å². The third-order valence-corrected chi connectivity index (χ3v) is 6.02. The van der Waals surface area contributed by atoms with Gasteiger partial charge in [-0.05, 0) is 56.0 Å². The van der Waals surface area contributed by atoms with Crippen molar-refractivity contribution in [1.29, 1.82) is 0 Å². The van der Waals surface area contributed by atoms with Crippen molar-refractivity contribution >= 4 is 11.8 Å². The summed E-state index contributed by atoms with van der Waals surface area (Å²) in [5.74, 6) is 1.01. The molecule has 0 aromatic heterocycles. The van der Waals surface area contributed by atoms with Crippen LogP contribution in [0.3, 0.4) is 0 Å². The van der Waals surface area contributed by atoms with Gasteiger partial charge in [0.2, 0.25) is 5.91 Å². The molecule has 32 heavy (non-hydrogen) atoms. The lowest BCUT2D eigenvalue weighted by Gasteiger charge is -2.31. The first-order chi connectivity index (χ1) is 15.6. The summed E-state index contributed by atoms with van der Waals surface area (Å²) >= 11 is 0. The van der Waals surface area contributed by atoms with Crippen molar-refractivity contribution in [3.8, 4) is 11.5 Å². The molecule has 0 saturated heterocycles. The second kappa shape index (κ2) is 12.1. The smallest absolute Gasteiger partial charge is 0.261 e. The average Bonchev–Trinajstić information content (AvgIpc) is 2.84. The zero-order valence-electron chi connectivity index (χ0n) is 19.1. The molecule has 0 spiro atoms. The quantitative estimate of drug-likeness (QED) is 0.609. The van der Waals surface area contributed by atoms with Crippen LogP contribution in [-0.4, -0.2) is 49.1 Å². The Bertz CT molecular complexity index is 848. The van der Waals surface area contributed by atoms with Crippen LogP contribution in [0.4, 0.5) is 0 Å². The zero-order valence-corrected chi connectivity index (χ0v) is 19.1. The minimum atomic E-state index is -0.562. The Kier molecular flexibility index (Phi) is 8.96. The standard InChI is InChI=1S/C26H34N2O4/c1-20(26(30)27-22-11-7-4-8-12-22)28(18-17-21-9-5-3-6-10-21)25(29)19-32-24-15-13-23(31-2)14-16-24/h3,5-6,9-10,13-16,20,22H,4,7-8,11-12,17-19H2,1-2H3,(H,27,30). The van der Waals surface area contributed by atoms with E-state index in [1.54, 1.807) is 43.2 Å². The summed E-state index contributed by atoms with van der Waals surface area (Å²) in [4.78, 5) is 27.7. The van der Waals surface area contributed by atoms with E-state index in [9.17, 15) is 9.59 Å². The normalized spacial score (nSPS) is 14.9. The summed E-state index contributed by atoms with van der Waals surface area (Å²) in [6, 6.07) is 16.7. The highest BCUT2D eigenvalue weighted by atomic mass is 16.5. The van der Waals surface area contributed by atoms with Crippen molar-refractivity contribution < 1.29 is 19.1 Å². The predicted octanol–water partition coefficient (Wildman–Crippen LogP) is 3.98. The first kappa shape index (κ1) is 23.6. The van der Waals surface area contributed by atoms with Crippen molar-refractivity contribution in [3.05, 3.63) is 60.2 Å². The molecule has 0 radical (unpaired) electrons. The third kappa shape index (κ3) is 7.01. The summed E-state index contributed by atoms with van der Waals surface area (Å²) in [6.45, 7) is 2.13. The molecule has 1 unspecified atom stereocenters. The van der Waals surface area contributed by atoms with Crippen LogP contribution in [0.25, 0.3) is 0 Å². The van der Waals surface area contributed by atoms with E-state index in [4.69, 9.17) is 9.47 Å². The van der Waals surface area contributed by atoms with Crippen LogP contribution in [0.2, 0.25) is 0 Å². The lowest BCUT2D eigenvalue weighted by molar-refractivity contribution is -0.141. The van der Waals surface area contributed by atoms with Gasteiger partial charge >= 0.3 is 0 Å². The molecule has 1 saturated carbocycles. The summed E-state index contributed by atoms with van der Waals surface area (Å²) in [5.41, 5.74) is 1.13. The second-order valence-corrected chi connectivity index (χ2v) is 8.31. The van der Waals surface area contributed by atoms with Crippen molar-refractivity contribution in [3.63, 3.8) is 0 Å². The number of amides is 2. The summed E-state index contributed by atoms with van der Waals surface area (Å²) in [5, 5.41) is 3.15. The highest BCUT2D eigenvalue weighted by molar-refractivity contribution is 5.88. The molecular formula is C26H34N2O4. The van der Waals surface area contributed by atoms with Gasteiger partial charge in [0.05, 0.1) is 7.11 Å². The van der Waals surface area contributed by atoms with E-state index in [1.165, 1.54) is 6.42 Å². The molecule has 0 aliphatic heterocycles. The molecule has 1 aliphatic carbocycles. The Labute approximate surface area is 190 Å². The van der Waals surface area contributed by atoms with Crippen LogP contribution < -0.4 is 14.8 Å². The van der Waals surface area contributed by atoms with Crippen molar-refractivity contribution in [2.45, 2.75) is 57.5 Å². The van der Waals surface area contributed by atoms with Gasteiger partial charge < -0.3 is 19.7 Å². The predicted molar refractivity (Wildman–Crippen MR) is 125 cm³/mol. The fraction of sp³-hybridized carbons (Fsp3) is 0.462. The van der Waals surface area contributed by atoms with E-state index in [0.717, 1.165) is 37.0 Å². The van der Waals surface area contributed by atoms with E-state index >= 15 is 0 Å².